The van der Waals surface area contributed by atoms with Crippen molar-refractivity contribution in [2.45, 2.75) is 27.7 Å². The van der Waals surface area contributed by atoms with Crippen molar-refractivity contribution >= 4 is 38.9 Å². The third kappa shape index (κ3) is 4.38. The number of para-hydroxylation sites is 1. The fraction of sp³-hybridized carbons (Fsp3) is 0.156. The number of amides is 1. The molecule has 4 nitrogen and oxygen atoms in total. The van der Waals surface area contributed by atoms with Crippen LogP contribution in [0.3, 0.4) is 0 Å². The lowest BCUT2D eigenvalue weighted by molar-refractivity contribution is -0.111. The quantitative estimate of drug-likeness (QED) is 0.251. The van der Waals surface area contributed by atoms with E-state index in [2.05, 4.69) is 41.7 Å². The van der Waals surface area contributed by atoms with Gasteiger partial charge in [-0.3, -0.25) is 4.79 Å². The lowest BCUT2D eigenvalue weighted by atomic mass is 9.95. The SMILES string of the molecule is CCOc1c(/C(C)=C/C(=O)Nc2ccccc2C)cc2c(-c3ccc4ccccc4c3)coc2c1C. The summed E-state index contributed by atoms with van der Waals surface area (Å²) in [5, 5.41) is 6.36. The van der Waals surface area contributed by atoms with Gasteiger partial charge in [-0.1, -0.05) is 54.6 Å². The molecule has 0 radical (unpaired) electrons. The summed E-state index contributed by atoms with van der Waals surface area (Å²) in [4.78, 5) is 12.9. The van der Waals surface area contributed by atoms with Crippen LogP contribution in [0, 0.1) is 13.8 Å². The van der Waals surface area contributed by atoms with Gasteiger partial charge in [-0.25, -0.2) is 0 Å². The Hall–Kier alpha value is -4.31. The summed E-state index contributed by atoms with van der Waals surface area (Å²) in [5.74, 6) is 0.561. The van der Waals surface area contributed by atoms with E-state index < -0.39 is 0 Å². The van der Waals surface area contributed by atoms with E-state index in [0.717, 1.165) is 55.8 Å². The molecule has 0 unspecified atom stereocenters. The molecular formula is C32H29NO3. The van der Waals surface area contributed by atoms with Crippen LogP contribution in [0.1, 0.15) is 30.5 Å². The molecule has 5 rings (SSSR count). The Balaban J connectivity index is 1.60. The lowest BCUT2D eigenvalue weighted by Crippen LogP contribution is -2.10. The highest BCUT2D eigenvalue weighted by Crippen LogP contribution is 2.41. The molecule has 5 aromatic rings. The molecule has 1 N–H and O–H groups in total. The van der Waals surface area contributed by atoms with Crippen LogP contribution in [0.4, 0.5) is 5.69 Å². The summed E-state index contributed by atoms with van der Waals surface area (Å²) in [6, 6.07) is 24.6. The number of allylic oxidation sites excluding steroid dienone is 1. The number of ether oxygens (including phenoxy) is 1. The van der Waals surface area contributed by atoms with E-state index in [1.807, 2.05) is 70.4 Å². The lowest BCUT2D eigenvalue weighted by Gasteiger charge is -2.15. The molecule has 36 heavy (non-hydrogen) atoms. The van der Waals surface area contributed by atoms with Crippen molar-refractivity contribution in [1.82, 2.24) is 0 Å². The van der Waals surface area contributed by atoms with Crippen molar-refractivity contribution in [3.63, 3.8) is 0 Å². The Morgan fingerprint density at radius 2 is 1.72 bits per heavy atom. The Kier molecular flexibility index (Phi) is 6.34. The van der Waals surface area contributed by atoms with E-state index in [-0.39, 0.29) is 5.91 Å². The van der Waals surface area contributed by atoms with Crippen molar-refractivity contribution < 1.29 is 13.9 Å². The molecule has 0 fully saturated rings. The normalized spacial score (nSPS) is 11.7. The topological polar surface area (TPSA) is 51.5 Å². The third-order valence-electron chi connectivity index (χ3n) is 6.57. The minimum Gasteiger partial charge on any atom is -0.493 e. The van der Waals surface area contributed by atoms with Crippen molar-refractivity contribution in [3.05, 3.63) is 102 Å². The molecule has 0 aliphatic carbocycles. The van der Waals surface area contributed by atoms with Gasteiger partial charge in [0.05, 0.1) is 12.9 Å². The highest BCUT2D eigenvalue weighted by molar-refractivity contribution is 6.06. The summed E-state index contributed by atoms with van der Waals surface area (Å²) >= 11 is 0. The maximum atomic E-state index is 12.9. The molecule has 0 atom stereocenters. The molecule has 0 saturated heterocycles. The van der Waals surface area contributed by atoms with Gasteiger partial charge in [0.25, 0.3) is 0 Å². The fourth-order valence-corrected chi connectivity index (χ4v) is 4.68. The van der Waals surface area contributed by atoms with Crippen LogP contribution >= 0.6 is 0 Å². The highest BCUT2D eigenvalue weighted by Gasteiger charge is 2.19. The largest absolute Gasteiger partial charge is 0.493 e. The average molecular weight is 476 g/mol. The fourth-order valence-electron chi connectivity index (χ4n) is 4.68. The Morgan fingerprint density at radius 3 is 2.50 bits per heavy atom. The van der Waals surface area contributed by atoms with Gasteiger partial charge in [0.1, 0.15) is 11.3 Å². The molecular weight excluding hydrogens is 446 g/mol. The zero-order valence-electron chi connectivity index (χ0n) is 21.0. The van der Waals surface area contributed by atoms with Crippen LogP contribution in [0.25, 0.3) is 38.4 Å². The molecule has 1 amide bonds. The number of carbonyl (C=O) groups excluding carboxylic acids is 1. The van der Waals surface area contributed by atoms with Gasteiger partial charge in [0.15, 0.2) is 0 Å². The number of aryl methyl sites for hydroxylation is 2. The van der Waals surface area contributed by atoms with Gasteiger partial charge < -0.3 is 14.5 Å². The smallest absolute Gasteiger partial charge is 0.248 e. The van der Waals surface area contributed by atoms with Gasteiger partial charge in [-0.2, -0.15) is 0 Å². The molecule has 180 valence electrons. The van der Waals surface area contributed by atoms with Gasteiger partial charge in [0.2, 0.25) is 5.91 Å². The molecule has 1 heterocycles. The number of furan rings is 1. The summed E-state index contributed by atoms with van der Waals surface area (Å²) in [6.07, 6.45) is 3.44. The summed E-state index contributed by atoms with van der Waals surface area (Å²) < 4.78 is 12.1. The van der Waals surface area contributed by atoms with Crippen LogP contribution in [0.5, 0.6) is 5.75 Å². The number of rotatable bonds is 6. The molecule has 0 bridgehead atoms. The monoisotopic (exact) mass is 475 g/mol. The third-order valence-corrected chi connectivity index (χ3v) is 6.57. The van der Waals surface area contributed by atoms with Crippen molar-refractivity contribution in [3.8, 4) is 16.9 Å². The number of anilines is 1. The molecule has 0 aliphatic rings. The van der Waals surface area contributed by atoms with E-state index in [0.29, 0.717) is 6.61 Å². The predicted molar refractivity (Wildman–Crippen MR) is 149 cm³/mol. The van der Waals surface area contributed by atoms with Gasteiger partial charge in [0, 0.05) is 33.8 Å². The molecule has 1 aromatic heterocycles. The van der Waals surface area contributed by atoms with Crippen molar-refractivity contribution in [2.75, 3.05) is 11.9 Å². The van der Waals surface area contributed by atoms with Crippen LogP contribution < -0.4 is 10.1 Å². The van der Waals surface area contributed by atoms with Gasteiger partial charge >= 0.3 is 0 Å². The van der Waals surface area contributed by atoms with Gasteiger partial charge in [-0.05, 0) is 73.4 Å². The van der Waals surface area contributed by atoms with E-state index in [4.69, 9.17) is 9.15 Å². The molecule has 4 heteroatoms. The second-order valence-electron chi connectivity index (χ2n) is 9.03. The number of nitrogens with one attached hydrogen (secondary N) is 1. The standard InChI is InChI=1S/C32H29NO3/c1-5-35-31-22(4)32-27(28(19-36-32)25-15-14-23-11-7-8-12-24(23)17-25)18-26(31)21(3)16-30(34)33-29-13-9-6-10-20(29)2/h6-19H,5H2,1-4H3,(H,33,34)/b21-16+. The average Bonchev–Trinajstić information content (AvgIpc) is 3.31. The first-order valence-corrected chi connectivity index (χ1v) is 12.2. The van der Waals surface area contributed by atoms with Crippen LogP contribution in [-0.2, 0) is 4.79 Å². The molecule has 4 aromatic carbocycles. The first-order valence-electron chi connectivity index (χ1n) is 12.2. The van der Waals surface area contributed by atoms with E-state index in [9.17, 15) is 4.79 Å². The number of carbonyl (C=O) groups is 1. The van der Waals surface area contributed by atoms with Crippen molar-refractivity contribution in [1.29, 1.82) is 0 Å². The predicted octanol–water partition coefficient (Wildman–Crippen LogP) is 8.31. The first kappa shape index (κ1) is 23.4. The maximum absolute atomic E-state index is 12.9. The van der Waals surface area contributed by atoms with Crippen molar-refractivity contribution in [2.24, 2.45) is 0 Å². The zero-order valence-corrected chi connectivity index (χ0v) is 21.0. The van der Waals surface area contributed by atoms with Crippen LogP contribution in [-0.4, -0.2) is 12.5 Å². The van der Waals surface area contributed by atoms with Crippen LogP contribution in [0.15, 0.2) is 89.6 Å². The summed E-state index contributed by atoms with van der Waals surface area (Å²) in [6.45, 7) is 8.39. The van der Waals surface area contributed by atoms with E-state index in [1.54, 1.807) is 6.08 Å². The minimum atomic E-state index is -0.177. The molecule has 0 saturated carbocycles. The summed E-state index contributed by atoms with van der Waals surface area (Å²) in [5.41, 5.74) is 7.33. The zero-order chi connectivity index (χ0) is 25.2. The van der Waals surface area contributed by atoms with E-state index >= 15 is 0 Å². The highest BCUT2D eigenvalue weighted by atomic mass is 16.5. The molecule has 0 aliphatic heterocycles. The van der Waals surface area contributed by atoms with Crippen LogP contribution in [0.2, 0.25) is 0 Å². The Bertz CT molecular complexity index is 1620. The maximum Gasteiger partial charge on any atom is 0.248 e. The number of hydrogen-bond acceptors (Lipinski definition) is 3. The number of fused-ring (bicyclic) bond motifs is 2. The second kappa shape index (κ2) is 9.74. The second-order valence-corrected chi connectivity index (χ2v) is 9.03. The Morgan fingerprint density at radius 1 is 0.972 bits per heavy atom. The minimum absolute atomic E-state index is 0.177. The van der Waals surface area contributed by atoms with E-state index in [1.165, 1.54) is 10.8 Å². The Labute approximate surface area is 211 Å². The van der Waals surface area contributed by atoms with Gasteiger partial charge in [-0.15, -0.1) is 0 Å². The number of hydrogen-bond donors (Lipinski definition) is 1. The first-order chi connectivity index (χ1) is 17.5. The summed E-state index contributed by atoms with van der Waals surface area (Å²) in [7, 11) is 0. The molecule has 0 spiro atoms. The number of benzene rings is 4.